The van der Waals surface area contributed by atoms with E-state index in [2.05, 4.69) is 5.32 Å². The minimum absolute atomic E-state index is 0.0214. The smallest absolute Gasteiger partial charge is 0.152 e. The van der Waals surface area contributed by atoms with Crippen LogP contribution in [0.25, 0.3) is 0 Å². The molecule has 1 aliphatic carbocycles. The number of benzene rings is 1. The maximum atomic E-state index is 11.8. The van der Waals surface area contributed by atoms with E-state index < -0.39 is 9.84 Å². The highest BCUT2D eigenvalue weighted by Gasteiger charge is 2.35. The summed E-state index contributed by atoms with van der Waals surface area (Å²) in [6.45, 7) is 4.56. The van der Waals surface area contributed by atoms with Crippen molar-refractivity contribution in [3.63, 3.8) is 0 Å². The van der Waals surface area contributed by atoms with Gasteiger partial charge in [0, 0.05) is 12.3 Å². The predicted octanol–water partition coefficient (Wildman–Crippen LogP) is 2.77. The van der Waals surface area contributed by atoms with Crippen molar-refractivity contribution in [2.45, 2.75) is 44.4 Å². The molecule has 2 rings (SSSR count). The van der Waals surface area contributed by atoms with Crippen LogP contribution in [-0.2, 0) is 9.84 Å². The van der Waals surface area contributed by atoms with Crippen LogP contribution in [0.4, 0.5) is 5.69 Å². The zero-order valence-corrected chi connectivity index (χ0v) is 13.2. The number of aryl methyl sites for hydroxylation is 1. The Hall–Kier alpha value is -1.23. The van der Waals surface area contributed by atoms with Gasteiger partial charge in [0.15, 0.2) is 9.84 Å². The van der Waals surface area contributed by atoms with E-state index in [-0.39, 0.29) is 11.3 Å². The first kappa shape index (κ1) is 15.2. The van der Waals surface area contributed by atoms with Crippen LogP contribution in [0.15, 0.2) is 18.2 Å². The Morgan fingerprint density at radius 3 is 2.75 bits per heavy atom. The van der Waals surface area contributed by atoms with Crippen LogP contribution < -0.4 is 10.1 Å². The van der Waals surface area contributed by atoms with Gasteiger partial charge in [0.05, 0.1) is 17.5 Å². The fourth-order valence-electron chi connectivity index (χ4n) is 2.83. The van der Waals surface area contributed by atoms with Crippen molar-refractivity contribution in [1.29, 1.82) is 0 Å². The van der Waals surface area contributed by atoms with Crippen LogP contribution in [0.1, 0.15) is 31.7 Å². The van der Waals surface area contributed by atoms with Crippen molar-refractivity contribution in [1.82, 2.24) is 0 Å². The molecule has 0 saturated heterocycles. The van der Waals surface area contributed by atoms with Gasteiger partial charge >= 0.3 is 0 Å². The molecule has 1 aromatic rings. The highest BCUT2D eigenvalue weighted by molar-refractivity contribution is 7.91. The highest BCUT2D eigenvalue weighted by atomic mass is 32.2. The third-order valence-electron chi connectivity index (χ3n) is 3.78. The van der Waals surface area contributed by atoms with Gasteiger partial charge in [-0.3, -0.25) is 0 Å². The standard InChI is InChI=1S/C15H23NO3S/c1-4-19-14-10-11(2)8-9-12(14)16-13-6-5-7-15(13)20(3,17)18/h8-10,13,15-16H,4-7H2,1-3H3. The molecule has 0 heterocycles. The van der Waals surface area contributed by atoms with E-state index in [1.807, 2.05) is 32.0 Å². The van der Waals surface area contributed by atoms with Crippen molar-refractivity contribution in [3.8, 4) is 5.75 Å². The molecule has 20 heavy (non-hydrogen) atoms. The fourth-order valence-corrected chi connectivity index (χ4v) is 4.22. The maximum Gasteiger partial charge on any atom is 0.152 e. The summed E-state index contributed by atoms with van der Waals surface area (Å²) in [5, 5.41) is 3.08. The van der Waals surface area contributed by atoms with E-state index in [4.69, 9.17) is 4.74 Å². The van der Waals surface area contributed by atoms with Crippen LogP contribution in [0.3, 0.4) is 0 Å². The molecular weight excluding hydrogens is 274 g/mol. The van der Waals surface area contributed by atoms with E-state index in [1.165, 1.54) is 6.26 Å². The Balaban J connectivity index is 2.21. The lowest BCUT2D eigenvalue weighted by atomic mass is 10.1. The van der Waals surface area contributed by atoms with Crippen LogP contribution in [0.5, 0.6) is 5.75 Å². The lowest BCUT2D eigenvalue weighted by molar-refractivity contribution is 0.341. The molecule has 0 radical (unpaired) electrons. The topological polar surface area (TPSA) is 55.4 Å². The van der Waals surface area contributed by atoms with Crippen molar-refractivity contribution >= 4 is 15.5 Å². The average Bonchev–Trinajstić information content (AvgIpc) is 2.81. The number of hydrogen-bond acceptors (Lipinski definition) is 4. The summed E-state index contributed by atoms with van der Waals surface area (Å²) >= 11 is 0. The molecule has 1 fully saturated rings. The van der Waals surface area contributed by atoms with Gasteiger partial charge in [0.2, 0.25) is 0 Å². The Kier molecular flexibility index (Phi) is 4.58. The summed E-state index contributed by atoms with van der Waals surface area (Å²) in [6, 6.07) is 5.94. The summed E-state index contributed by atoms with van der Waals surface area (Å²) in [5.74, 6) is 0.798. The minimum atomic E-state index is -3.01. The van der Waals surface area contributed by atoms with Gasteiger partial charge in [0.1, 0.15) is 5.75 Å². The molecule has 1 saturated carbocycles. The summed E-state index contributed by atoms with van der Waals surface area (Å²) in [4.78, 5) is 0. The normalized spacial score (nSPS) is 22.8. The van der Waals surface area contributed by atoms with Gasteiger partial charge < -0.3 is 10.1 Å². The van der Waals surface area contributed by atoms with E-state index >= 15 is 0 Å². The highest BCUT2D eigenvalue weighted by Crippen LogP contribution is 2.32. The molecule has 0 aromatic heterocycles. The summed E-state index contributed by atoms with van der Waals surface area (Å²) < 4.78 is 29.3. The average molecular weight is 297 g/mol. The van der Waals surface area contributed by atoms with Gasteiger partial charge in [-0.2, -0.15) is 0 Å². The SMILES string of the molecule is CCOc1cc(C)ccc1NC1CCCC1S(C)(=O)=O. The third kappa shape index (κ3) is 3.45. The molecule has 1 N–H and O–H groups in total. The predicted molar refractivity (Wildman–Crippen MR) is 82.2 cm³/mol. The number of nitrogens with one attached hydrogen (secondary N) is 1. The molecule has 1 aliphatic rings. The lowest BCUT2D eigenvalue weighted by Gasteiger charge is -2.22. The first-order valence-corrected chi connectivity index (χ1v) is 9.06. The van der Waals surface area contributed by atoms with Gasteiger partial charge in [-0.1, -0.05) is 6.07 Å². The Bertz CT molecular complexity index is 568. The molecule has 0 bridgehead atoms. The molecule has 2 unspecified atom stereocenters. The van der Waals surface area contributed by atoms with Crippen LogP contribution in [0, 0.1) is 6.92 Å². The Labute approximate surface area is 121 Å². The molecule has 2 atom stereocenters. The molecule has 1 aromatic carbocycles. The molecule has 112 valence electrons. The van der Waals surface area contributed by atoms with Crippen molar-refractivity contribution in [2.24, 2.45) is 0 Å². The number of sulfone groups is 1. The zero-order chi connectivity index (χ0) is 14.8. The second kappa shape index (κ2) is 6.04. The second-order valence-corrected chi connectivity index (χ2v) is 7.75. The van der Waals surface area contributed by atoms with E-state index in [1.54, 1.807) is 0 Å². The Morgan fingerprint density at radius 2 is 2.10 bits per heavy atom. The monoisotopic (exact) mass is 297 g/mol. The van der Waals surface area contributed by atoms with Gasteiger partial charge in [-0.05, 0) is 50.8 Å². The zero-order valence-electron chi connectivity index (χ0n) is 12.3. The number of ether oxygens (including phenoxy) is 1. The maximum absolute atomic E-state index is 11.8. The number of hydrogen-bond donors (Lipinski definition) is 1. The largest absolute Gasteiger partial charge is 0.492 e. The number of anilines is 1. The van der Waals surface area contributed by atoms with Crippen LogP contribution >= 0.6 is 0 Å². The first-order valence-electron chi connectivity index (χ1n) is 7.10. The van der Waals surface area contributed by atoms with Gasteiger partial charge in [0.25, 0.3) is 0 Å². The van der Waals surface area contributed by atoms with Gasteiger partial charge in [-0.15, -0.1) is 0 Å². The molecule has 0 aliphatic heterocycles. The summed E-state index contributed by atoms with van der Waals surface area (Å²) in [7, 11) is -3.01. The van der Waals surface area contributed by atoms with E-state index in [9.17, 15) is 8.42 Å². The molecule has 0 spiro atoms. The van der Waals surface area contributed by atoms with Crippen molar-refractivity contribution < 1.29 is 13.2 Å². The molecular formula is C15H23NO3S. The fraction of sp³-hybridized carbons (Fsp3) is 0.600. The number of rotatable bonds is 5. The van der Waals surface area contributed by atoms with E-state index in [0.29, 0.717) is 6.61 Å². The molecule has 0 amide bonds. The summed E-state index contributed by atoms with van der Waals surface area (Å²) in [5.41, 5.74) is 2.02. The quantitative estimate of drug-likeness (QED) is 0.908. The molecule has 5 heteroatoms. The lowest BCUT2D eigenvalue weighted by Crippen LogP contribution is -2.34. The van der Waals surface area contributed by atoms with Crippen molar-refractivity contribution in [2.75, 3.05) is 18.2 Å². The van der Waals surface area contributed by atoms with Crippen molar-refractivity contribution in [3.05, 3.63) is 23.8 Å². The third-order valence-corrected chi connectivity index (χ3v) is 5.44. The second-order valence-electron chi connectivity index (χ2n) is 5.48. The summed E-state index contributed by atoms with van der Waals surface area (Å²) in [6.07, 6.45) is 3.91. The van der Waals surface area contributed by atoms with Crippen LogP contribution in [0.2, 0.25) is 0 Å². The minimum Gasteiger partial charge on any atom is -0.492 e. The Morgan fingerprint density at radius 1 is 1.35 bits per heavy atom. The van der Waals surface area contributed by atoms with Crippen LogP contribution in [-0.4, -0.2) is 32.6 Å². The van der Waals surface area contributed by atoms with Gasteiger partial charge in [-0.25, -0.2) is 8.42 Å². The molecule has 4 nitrogen and oxygen atoms in total. The van der Waals surface area contributed by atoms with E-state index in [0.717, 1.165) is 36.3 Å². The first-order chi connectivity index (χ1) is 9.41.